The zero-order chi connectivity index (χ0) is 17.1. The fourth-order valence-corrected chi connectivity index (χ4v) is 4.91. The fourth-order valence-electron chi connectivity index (χ4n) is 4.91. The van der Waals surface area contributed by atoms with Gasteiger partial charge in [-0.2, -0.15) is 0 Å². The van der Waals surface area contributed by atoms with Crippen molar-refractivity contribution >= 4 is 0 Å². The highest BCUT2D eigenvalue weighted by Gasteiger charge is 2.43. The summed E-state index contributed by atoms with van der Waals surface area (Å²) in [6.45, 7) is 6.79. The Hall–Kier alpha value is -1.08. The van der Waals surface area contributed by atoms with Crippen LogP contribution in [-0.2, 0) is 11.3 Å². The molecule has 3 aliphatic heterocycles. The predicted molar refractivity (Wildman–Crippen MR) is 95.0 cm³/mol. The lowest BCUT2D eigenvalue weighted by atomic mass is 9.71. The molecule has 3 saturated heterocycles. The van der Waals surface area contributed by atoms with Crippen molar-refractivity contribution < 1.29 is 9.84 Å². The van der Waals surface area contributed by atoms with Gasteiger partial charge in [0, 0.05) is 57.5 Å². The van der Waals surface area contributed by atoms with Crippen molar-refractivity contribution in [3.8, 4) is 0 Å². The Morgan fingerprint density at radius 1 is 1.20 bits per heavy atom. The van der Waals surface area contributed by atoms with Crippen molar-refractivity contribution in [1.29, 1.82) is 0 Å². The molecule has 4 heterocycles. The maximum Gasteiger partial charge on any atom is 0.0726 e. The van der Waals surface area contributed by atoms with Crippen molar-refractivity contribution in [1.82, 2.24) is 19.8 Å². The van der Waals surface area contributed by atoms with Crippen LogP contribution in [0.4, 0.5) is 0 Å². The van der Waals surface area contributed by atoms with Crippen molar-refractivity contribution in [2.24, 2.45) is 5.41 Å². The first-order valence-electron chi connectivity index (χ1n) is 9.70. The van der Waals surface area contributed by atoms with Gasteiger partial charge in [-0.15, -0.1) is 0 Å². The molecule has 0 bridgehead atoms. The number of likely N-dealkylation sites (tertiary alicyclic amines) is 2. The van der Waals surface area contributed by atoms with Crippen molar-refractivity contribution in [2.45, 2.75) is 50.8 Å². The molecule has 3 fully saturated rings. The number of hydrogen-bond acceptors (Lipinski definition) is 6. The molecule has 6 heteroatoms. The van der Waals surface area contributed by atoms with Gasteiger partial charge in [0.2, 0.25) is 0 Å². The van der Waals surface area contributed by atoms with E-state index in [0.717, 1.165) is 70.9 Å². The molecule has 4 rings (SSSR count). The zero-order valence-corrected chi connectivity index (χ0v) is 15.0. The highest BCUT2D eigenvalue weighted by atomic mass is 16.5. The minimum Gasteiger partial charge on any atom is -0.392 e. The molecule has 25 heavy (non-hydrogen) atoms. The number of aliphatic hydroxyl groups excluding tert-OH is 1. The van der Waals surface area contributed by atoms with E-state index in [9.17, 15) is 5.11 Å². The second-order valence-corrected chi connectivity index (χ2v) is 8.10. The standard InChI is InChI=1S/C19H30N4O2/c24-18-11-19(15-23(14-18)17-1-9-25-10-2-17)3-7-22(8-4-19)13-16-12-20-5-6-21-16/h5-6,12,17-18,24H,1-4,7-11,13-15H2. The van der Waals surface area contributed by atoms with Gasteiger partial charge in [0.15, 0.2) is 0 Å². The molecule has 0 radical (unpaired) electrons. The molecule has 3 aliphatic rings. The lowest BCUT2D eigenvalue weighted by Crippen LogP contribution is -2.57. The van der Waals surface area contributed by atoms with Crippen LogP contribution in [0.25, 0.3) is 0 Å². The molecule has 138 valence electrons. The minimum atomic E-state index is -0.178. The van der Waals surface area contributed by atoms with E-state index in [1.165, 1.54) is 12.8 Å². The third-order valence-corrected chi connectivity index (χ3v) is 6.28. The van der Waals surface area contributed by atoms with Crippen LogP contribution in [0.1, 0.15) is 37.8 Å². The molecule has 1 spiro atoms. The largest absolute Gasteiger partial charge is 0.392 e. The van der Waals surface area contributed by atoms with Crippen LogP contribution in [0.2, 0.25) is 0 Å². The summed E-state index contributed by atoms with van der Waals surface area (Å²) in [7, 11) is 0. The highest BCUT2D eigenvalue weighted by molar-refractivity contribution is 4.99. The molecule has 1 unspecified atom stereocenters. The Labute approximate surface area is 150 Å². The van der Waals surface area contributed by atoms with Gasteiger partial charge in [-0.05, 0) is 50.6 Å². The van der Waals surface area contributed by atoms with Crippen molar-refractivity contribution in [2.75, 3.05) is 39.4 Å². The number of aromatic nitrogens is 2. The molecule has 1 aromatic heterocycles. The number of aliphatic hydroxyl groups is 1. The summed E-state index contributed by atoms with van der Waals surface area (Å²) in [6, 6.07) is 0.596. The van der Waals surface area contributed by atoms with Crippen LogP contribution in [-0.4, -0.2) is 76.4 Å². The highest BCUT2D eigenvalue weighted by Crippen LogP contribution is 2.41. The Kier molecular flexibility index (Phi) is 5.31. The number of rotatable bonds is 3. The maximum absolute atomic E-state index is 10.5. The summed E-state index contributed by atoms with van der Waals surface area (Å²) in [5.74, 6) is 0. The third kappa shape index (κ3) is 4.19. The van der Waals surface area contributed by atoms with Crippen molar-refractivity contribution in [3.05, 3.63) is 24.3 Å². The Morgan fingerprint density at radius 2 is 2.00 bits per heavy atom. The molecule has 0 saturated carbocycles. The number of nitrogens with zero attached hydrogens (tertiary/aromatic N) is 4. The molecule has 1 aromatic rings. The molecule has 6 nitrogen and oxygen atoms in total. The van der Waals surface area contributed by atoms with Gasteiger partial charge in [-0.1, -0.05) is 0 Å². The Balaban J connectivity index is 1.35. The van der Waals surface area contributed by atoms with E-state index in [0.29, 0.717) is 6.04 Å². The average molecular weight is 346 g/mol. The summed E-state index contributed by atoms with van der Waals surface area (Å²) < 4.78 is 5.52. The number of hydrogen-bond donors (Lipinski definition) is 1. The second kappa shape index (κ2) is 7.66. The summed E-state index contributed by atoms with van der Waals surface area (Å²) in [4.78, 5) is 13.6. The maximum atomic E-state index is 10.5. The van der Waals surface area contributed by atoms with Crippen LogP contribution >= 0.6 is 0 Å². The number of β-amino-alcohol motifs (C(OH)–C–C–N with tert-alkyl or cyclic N) is 1. The molecule has 0 amide bonds. The van der Waals surface area contributed by atoms with E-state index >= 15 is 0 Å². The lowest BCUT2D eigenvalue weighted by Gasteiger charge is -2.51. The van der Waals surface area contributed by atoms with Gasteiger partial charge >= 0.3 is 0 Å². The summed E-state index contributed by atoms with van der Waals surface area (Å²) in [5, 5.41) is 10.5. The molecular formula is C19H30N4O2. The topological polar surface area (TPSA) is 61.7 Å². The Bertz CT molecular complexity index is 542. The van der Waals surface area contributed by atoms with E-state index in [1.54, 1.807) is 12.4 Å². The molecule has 0 aliphatic carbocycles. The SMILES string of the molecule is OC1CN(C2CCOCC2)CC2(CCN(Cc3cnccn3)CC2)C1. The van der Waals surface area contributed by atoms with Gasteiger partial charge in [0.1, 0.15) is 0 Å². The summed E-state index contributed by atoms with van der Waals surface area (Å²) in [6.07, 6.45) is 10.7. The van der Waals surface area contributed by atoms with E-state index < -0.39 is 0 Å². The smallest absolute Gasteiger partial charge is 0.0726 e. The van der Waals surface area contributed by atoms with Crippen LogP contribution in [0, 0.1) is 5.41 Å². The molecular weight excluding hydrogens is 316 g/mol. The third-order valence-electron chi connectivity index (χ3n) is 6.28. The van der Waals surface area contributed by atoms with E-state index in [1.807, 2.05) is 6.20 Å². The van der Waals surface area contributed by atoms with Gasteiger partial charge in [0.05, 0.1) is 11.8 Å². The van der Waals surface area contributed by atoms with Gasteiger partial charge in [0.25, 0.3) is 0 Å². The van der Waals surface area contributed by atoms with Crippen LogP contribution < -0.4 is 0 Å². The first kappa shape index (κ1) is 17.3. The normalized spacial score (nSPS) is 29.1. The van der Waals surface area contributed by atoms with Crippen LogP contribution in [0.15, 0.2) is 18.6 Å². The first-order valence-corrected chi connectivity index (χ1v) is 9.70. The van der Waals surface area contributed by atoms with E-state index in [4.69, 9.17) is 4.74 Å². The van der Waals surface area contributed by atoms with Gasteiger partial charge < -0.3 is 9.84 Å². The molecule has 1 atom stereocenters. The lowest BCUT2D eigenvalue weighted by molar-refractivity contribution is -0.0727. The van der Waals surface area contributed by atoms with Gasteiger partial charge in [-0.25, -0.2) is 0 Å². The predicted octanol–water partition coefficient (Wildman–Crippen LogP) is 1.30. The van der Waals surface area contributed by atoms with E-state index in [-0.39, 0.29) is 11.5 Å². The second-order valence-electron chi connectivity index (χ2n) is 8.10. The summed E-state index contributed by atoms with van der Waals surface area (Å²) >= 11 is 0. The van der Waals surface area contributed by atoms with Crippen LogP contribution in [0.3, 0.4) is 0 Å². The van der Waals surface area contributed by atoms with Crippen LogP contribution in [0.5, 0.6) is 0 Å². The van der Waals surface area contributed by atoms with Gasteiger partial charge in [-0.3, -0.25) is 19.8 Å². The fraction of sp³-hybridized carbons (Fsp3) is 0.789. The quantitative estimate of drug-likeness (QED) is 0.890. The summed E-state index contributed by atoms with van der Waals surface area (Å²) in [5.41, 5.74) is 1.33. The Morgan fingerprint density at radius 3 is 2.72 bits per heavy atom. The monoisotopic (exact) mass is 346 g/mol. The molecule has 1 N–H and O–H groups in total. The number of ether oxygens (including phenoxy) is 1. The molecule has 0 aromatic carbocycles. The van der Waals surface area contributed by atoms with E-state index in [2.05, 4.69) is 19.8 Å². The zero-order valence-electron chi connectivity index (χ0n) is 15.0. The minimum absolute atomic E-state index is 0.178. The average Bonchev–Trinajstić information content (AvgIpc) is 2.65. The number of piperidine rings is 2. The first-order chi connectivity index (χ1) is 12.2. The van der Waals surface area contributed by atoms with Crippen molar-refractivity contribution in [3.63, 3.8) is 0 Å².